The van der Waals surface area contributed by atoms with Gasteiger partial charge in [0.25, 0.3) is 0 Å². The van der Waals surface area contributed by atoms with Gasteiger partial charge in [0, 0.05) is 17.5 Å². The fourth-order valence-electron chi connectivity index (χ4n) is 2.89. The smallest absolute Gasteiger partial charge is 0.318 e. The fourth-order valence-corrected chi connectivity index (χ4v) is 3.82. The van der Waals surface area contributed by atoms with Crippen LogP contribution in [0, 0.1) is 13.8 Å². The Kier molecular flexibility index (Phi) is 4.76. The number of rotatable bonds is 5. The Labute approximate surface area is 146 Å². The molecule has 2 aromatic rings. The Bertz CT molecular complexity index is 740. The van der Waals surface area contributed by atoms with E-state index in [-0.39, 0.29) is 17.8 Å². The van der Waals surface area contributed by atoms with Gasteiger partial charge in [-0.05, 0) is 51.3 Å². The van der Waals surface area contributed by atoms with E-state index in [9.17, 15) is 9.90 Å². The Morgan fingerprint density at radius 3 is 2.79 bits per heavy atom. The molecule has 3 rings (SSSR count). The number of phenols is 1. The molecule has 5 nitrogen and oxygen atoms in total. The summed E-state index contributed by atoms with van der Waals surface area (Å²) in [4.78, 5) is 20.2. The summed E-state index contributed by atoms with van der Waals surface area (Å²) < 4.78 is 0. The topological polar surface area (TPSA) is 65.5 Å². The van der Waals surface area contributed by atoms with Crippen LogP contribution in [0.1, 0.15) is 46.9 Å². The van der Waals surface area contributed by atoms with Crippen LogP contribution in [0.15, 0.2) is 24.3 Å². The van der Waals surface area contributed by atoms with Gasteiger partial charge in [-0.1, -0.05) is 12.1 Å². The molecule has 1 heterocycles. The van der Waals surface area contributed by atoms with Gasteiger partial charge in [0.05, 0.1) is 16.7 Å². The van der Waals surface area contributed by atoms with Crippen molar-refractivity contribution in [1.82, 2.24) is 15.2 Å². The number of aryl methyl sites for hydroxylation is 2. The maximum atomic E-state index is 12.8. The number of carbonyl (C=O) groups excluding carboxylic acids is 1. The zero-order chi connectivity index (χ0) is 17.3. The molecule has 0 unspecified atom stereocenters. The molecule has 1 fully saturated rings. The van der Waals surface area contributed by atoms with Crippen molar-refractivity contribution in [1.29, 1.82) is 0 Å². The monoisotopic (exact) mass is 345 g/mol. The van der Waals surface area contributed by atoms with Crippen molar-refractivity contribution in [3.63, 3.8) is 0 Å². The number of nitrogens with zero attached hydrogens (tertiary/aromatic N) is 2. The quantitative estimate of drug-likeness (QED) is 0.864. The highest BCUT2D eigenvalue weighted by Gasteiger charge is 2.33. The lowest BCUT2D eigenvalue weighted by Crippen LogP contribution is -2.41. The van der Waals surface area contributed by atoms with E-state index in [1.165, 1.54) is 0 Å². The number of aromatic hydroxyl groups is 1. The summed E-state index contributed by atoms with van der Waals surface area (Å²) in [6.07, 6.45) is 2.08. The summed E-state index contributed by atoms with van der Waals surface area (Å²) in [5.41, 5.74) is 1.92. The number of hydrogen-bond donors (Lipinski definition) is 2. The molecule has 0 aliphatic heterocycles. The summed E-state index contributed by atoms with van der Waals surface area (Å²) in [7, 11) is 0. The zero-order valence-corrected chi connectivity index (χ0v) is 15.1. The highest BCUT2D eigenvalue weighted by atomic mass is 32.1. The summed E-state index contributed by atoms with van der Waals surface area (Å²) in [5.74, 6) is 0.229. The third kappa shape index (κ3) is 3.87. The molecule has 6 heteroatoms. The predicted molar refractivity (Wildman–Crippen MR) is 95.2 cm³/mol. The van der Waals surface area contributed by atoms with Gasteiger partial charge < -0.3 is 15.3 Å². The lowest BCUT2D eigenvalue weighted by atomic mass is 10.2. The van der Waals surface area contributed by atoms with E-state index in [2.05, 4.69) is 10.3 Å². The molecule has 1 aromatic heterocycles. The Morgan fingerprint density at radius 1 is 1.46 bits per heavy atom. The standard InChI is InChI=1S/C18H23N3O2S/c1-11-17(24-13(3)19-11)12(2)20-18(23)21(15-7-8-15)10-14-5-4-6-16(22)9-14/h4-6,9,12,15,22H,7-8,10H2,1-3H3,(H,20,23)/t12-/m1/s1. The van der Waals surface area contributed by atoms with Crippen LogP contribution in [-0.4, -0.2) is 27.1 Å². The molecule has 0 radical (unpaired) electrons. The number of nitrogens with one attached hydrogen (secondary N) is 1. The number of hydrogen-bond acceptors (Lipinski definition) is 4. The first-order valence-corrected chi connectivity index (χ1v) is 9.04. The minimum atomic E-state index is -0.0610. The van der Waals surface area contributed by atoms with E-state index in [0.717, 1.165) is 34.0 Å². The number of aromatic nitrogens is 1. The van der Waals surface area contributed by atoms with E-state index in [0.29, 0.717) is 12.6 Å². The minimum Gasteiger partial charge on any atom is -0.508 e. The average Bonchev–Trinajstić information content (AvgIpc) is 3.29. The number of amides is 2. The molecule has 128 valence electrons. The summed E-state index contributed by atoms with van der Waals surface area (Å²) in [6, 6.07) is 7.27. The molecule has 1 atom stereocenters. The Hall–Kier alpha value is -2.08. The van der Waals surface area contributed by atoms with Gasteiger partial charge in [0.1, 0.15) is 5.75 Å². The van der Waals surface area contributed by atoms with Crippen LogP contribution in [0.3, 0.4) is 0 Å². The molecular weight excluding hydrogens is 322 g/mol. The molecule has 0 spiro atoms. The van der Waals surface area contributed by atoms with Gasteiger partial charge in [-0.2, -0.15) is 0 Å². The number of benzene rings is 1. The fraction of sp³-hybridized carbons (Fsp3) is 0.444. The second-order valence-corrected chi connectivity index (χ2v) is 7.62. The van der Waals surface area contributed by atoms with Crippen molar-refractivity contribution in [2.45, 2.75) is 52.2 Å². The number of carbonyl (C=O) groups is 1. The third-order valence-corrected chi connectivity index (χ3v) is 5.44. The second-order valence-electron chi connectivity index (χ2n) is 6.38. The highest BCUT2D eigenvalue weighted by Crippen LogP contribution is 2.30. The van der Waals surface area contributed by atoms with E-state index in [4.69, 9.17) is 0 Å². The van der Waals surface area contributed by atoms with Gasteiger partial charge in [-0.3, -0.25) is 0 Å². The molecule has 0 bridgehead atoms. The molecule has 24 heavy (non-hydrogen) atoms. The van der Waals surface area contributed by atoms with Gasteiger partial charge in [-0.15, -0.1) is 11.3 Å². The first-order valence-electron chi connectivity index (χ1n) is 8.23. The van der Waals surface area contributed by atoms with Crippen LogP contribution in [-0.2, 0) is 6.54 Å². The van der Waals surface area contributed by atoms with Gasteiger partial charge in [-0.25, -0.2) is 9.78 Å². The SMILES string of the molecule is Cc1nc(C)c([C@@H](C)NC(=O)N(Cc2cccc(O)c2)C2CC2)s1. The lowest BCUT2D eigenvalue weighted by Gasteiger charge is -2.25. The normalized spacial score (nSPS) is 15.1. The van der Waals surface area contributed by atoms with Crippen LogP contribution in [0.4, 0.5) is 4.79 Å². The van der Waals surface area contributed by atoms with Crippen molar-refractivity contribution in [2.24, 2.45) is 0 Å². The van der Waals surface area contributed by atoms with Crippen molar-refractivity contribution < 1.29 is 9.90 Å². The second kappa shape index (κ2) is 6.81. The zero-order valence-electron chi connectivity index (χ0n) is 14.2. The molecule has 1 aliphatic rings. The molecule has 1 aliphatic carbocycles. The predicted octanol–water partition coefficient (Wildman–Crippen LogP) is 3.90. The Morgan fingerprint density at radius 2 is 2.21 bits per heavy atom. The van der Waals surface area contributed by atoms with Gasteiger partial charge >= 0.3 is 6.03 Å². The number of phenolic OH excluding ortho intramolecular Hbond substituents is 1. The maximum absolute atomic E-state index is 12.8. The average molecular weight is 345 g/mol. The molecule has 0 saturated heterocycles. The first-order chi connectivity index (χ1) is 11.4. The van der Waals surface area contributed by atoms with Crippen molar-refractivity contribution in [2.75, 3.05) is 0 Å². The van der Waals surface area contributed by atoms with E-state index in [1.807, 2.05) is 31.7 Å². The molecule has 2 N–H and O–H groups in total. The van der Waals surface area contributed by atoms with Gasteiger partial charge in [0.15, 0.2) is 0 Å². The van der Waals surface area contributed by atoms with Crippen molar-refractivity contribution in [3.05, 3.63) is 45.4 Å². The maximum Gasteiger partial charge on any atom is 0.318 e. The van der Waals surface area contributed by atoms with Gasteiger partial charge in [0.2, 0.25) is 0 Å². The van der Waals surface area contributed by atoms with Crippen molar-refractivity contribution in [3.8, 4) is 5.75 Å². The largest absolute Gasteiger partial charge is 0.508 e. The van der Waals surface area contributed by atoms with Crippen LogP contribution in [0.25, 0.3) is 0 Å². The van der Waals surface area contributed by atoms with Crippen molar-refractivity contribution >= 4 is 17.4 Å². The highest BCUT2D eigenvalue weighted by molar-refractivity contribution is 7.11. The Balaban J connectivity index is 1.69. The van der Waals surface area contributed by atoms with Crippen LogP contribution in [0.5, 0.6) is 5.75 Å². The number of thiazole rings is 1. The van der Waals surface area contributed by atoms with E-state index >= 15 is 0 Å². The summed E-state index contributed by atoms with van der Waals surface area (Å²) in [6.45, 7) is 6.47. The number of urea groups is 1. The van der Waals surface area contributed by atoms with E-state index in [1.54, 1.807) is 29.5 Å². The molecular formula is C18H23N3O2S. The minimum absolute atomic E-state index is 0.0567. The summed E-state index contributed by atoms with van der Waals surface area (Å²) in [5, 5.41) is 13.7. The van der Waals surface area contributed by atoms with E-state index < -0.39 is 0 Å². The summed E-state index contributed by atoms with van der Waals surface area (Å²) >= 11 is 1.63. The lowest BCUT2D eigenvalue weighted by molar-refractivity contribution is 0.188. The third-order valence-electron chi connectivity index (χ3n) is 4.18. The van der Waals surface area contributed by atoms with Crippen LogP contribution < -0.4 is 5.32 Å². The first kappa shape index (κ1) is 16.8. The molecule has 1 aromatic carbocycles. The molecule has 2 amide bonds. The van der Waals surface area contributed by atoms with Crippen LogP contribution >= 0.6 is 11.3 Å². The molecule has 1 saturated carbocycles. The van der Waals surface area contributed by atoms with Crippen LogP contribution in [0.2, 0.25) is 0 Å².